The molecule has 0 radical (unpaired) electrons. The van der Waals surface area contributed by atoms with E-state index < -0.39 is 0 Å². The Morgan fingerprint density at radius 1 is 0.968 bits per heavy atom. The molecule has 4 heteroatoms. The number of aryl methyl sites for hydroxylation is 2. The van der Waals surface area contributed by atoms with Crippen molar-refractivity contribution < 1.29 is 9.36 Å². The molecule has 0 saturated carbocycles. The van der Waals surface area contributed by atoms with E-state index in [-0.39, 0.29) is 5.91 Å². The number of carbonyl (C=O) groups excluding carboxylic acids is 1. The lowest BCUT2D eigenvalue weighted by Crippen LogP contribution is -2.34. The van der Waals surface area contributed by atoms with E-state index in [0.29, 0.717) is 5.56 Å². The van der Waals surface area contributed by atoms with Gasteiger partial charge in [-0.3, -0.25) is 4.79 Å². The summed E-state index contributed by atoms with van der Waals surface area (Å²) in [6.07, 6.45) is 6.09. The number of nitrogens with zero attached hydrogens (tertiary/aromatic N) is 2. The molecule has 1 amide bonds. The summed E-state index contributed by atoms with van der Waals surface area (Å²) in [6, 6.07) is 20.8. The summed E-state index contributed by atoms with van der Waals surface area (Å²) < 4.78 is 4.40. The zero-order valence-corrected chi connectivity index (χ0v) is 17.9. The van der Waals surface area contributed by atoms with Gasteiger partial charge in [0.15, 0.2) is 18.9 Å². The van der Waals surface area contributed by atoms with Crippen LogP contribution in [0.1, 0.15) is 32.6 Å². The molecule has 2 aromatic heterocycles. The molecule has 0 spiro atoms. The van der Waals surface area contributed by atoms with Crippen molar-refractivity contribution in [3.63, 3.8) is 0 Å². The van der Waals surface area contributed by atoms with Gasteiger partial charge in [-0.1, -0.05) is 54.6 Å². The molecule has 0 fully saturated rings. The van der Waals surface area contributed by atoms with Crippen LogP contribution >= 0.6 is 0 Å². The van der Waals surface area contributed by atoms with Crippen molar-refractivity contribution in [1.82, 2.24) is 4.57 Å². The first kappa shape index (κ1) is 19.3. The van der Waals surface area contributed by atoms with Crippen LogP contribution < -0.4 is 10.3 Å². The van der Waals surface area contributed by atoms with Crippen molar-refractivity contribution in [1.29, 1.82) is 0 Å². The first-order chi connectivity index (χ1) is 15.0. The average molecular weight is 409 g/mol. The van der Waals surface area contributed by atoms with E-state index in [1.165, 1.54) is 16.7 Å². The smallest absolute Gasteiger partial charge is 0.251 e. The molecule has 4 aromatic rings. The van der Waals surface area contributed by atoms with Gasteiger partial charge in [0.1, 0.15) is 0 Å². The molecular formula is C27H26N3O+. The Hall–Kier alpha value is -3.66. The molecule has 154 valence electrons. The predicted octanol–water partition coefficient (Wildman–Crippen LogP) is 4.20. The molecule has 0 aliphatic heterocycles. The first-order valence-electron chi connectivity index (χ1n) is 10.7. The molecule has 5 rings (SSSR count). The quantitative estimate of drug-likeness (QED) is 0.506. The first-order valence-corrected chi connectivity index (χ1v) is 10.7. The Morgan fingerprint density at radius 3 is 2.45 bits per heavy atom. The molecule has 4 nitrogen and oxygen atoms in total. The maximum atomic E-state index is 12.6. The second-order valence-electron chi connectivity index (χ2n) is 8.33. The summed E-state index contributed by atoms with van der Waals surface area (Å²) in [5, 5.41) is 0. The third-order valence-corrected chi connectivity index (χ3v) is 6.35. The van der Waals surface area contributed by atoms with Crippen molar-refractivity contribution in [2.75, 3.05) is 0 Å². The SMILES string of the molecule is Cc1ccccc1-c1c(C(N)=O)c2c(n1C)-c1cc[n+](Cc3ccccc3)cc1CC2. The average Bonchev–Trinajstić information content (AvgIpc) is 3.07. The van der Waals surface area contributed by atoms with Gasteiger partial charge < -0.3 is 10.3 Å². The zero-order valence-electron chi connectivity index (χ0n) is 17.9. The second kappa shape index (κ2) is 7.55. The molecule has 2 N–H and O–H groups in total. The number of carbonyl (C=O) groups is 1. The lowest BCUT2D eigenvalue weighted by atomic mass is 9.88. The molecule has 0 atom stereocenters. The van der Waals surface area contributed by atoms with Crippen LogP contribution in [-0.4, -0.2) is 10.5 Å². The second-order valence-corrected chi connectivity index (χ2v) is 8.33. The minimum atomic E-state index is -0.353. The maximum absolute atomic E-state index is 12.6. The van der Waals surface area contributed by atoms with E-state index >= 15 is 0 Å². The number of primary amides is 1. The highest BCUT2D eigenvalue weighted by Crippen LogP contribution is 2.41. The van der Waals surface area contributed by atoms with Gasteiger partial charge in [0.2, 0.25) is 0 Å². The molecule has 1 aliphatic carbocycles. The Morgan fingerprint density at radius 2 is 1.71 bits per heavy atom. The van der Waals surface area contributed by atoms with Gasteiger partial charge in [0, 0.05) is 35.4 Å². The normalized spacial score (nSPS) is 12.3. The molecule has 0 bridgehead atoms. The van der Waals surface area contributed by atoms with Gasteiger partial charge in [-0.15, -0.1) is 0 Å². The summed E-state index contributed by atoms with van der Waals surface area (Å²) >= 11 is 0. The van der Waals surface area contributed by atoms with Crippen LogP contribution in [0.25, 0.3) is 22.5 Å². The van der Waals surface area contributed by atoms with Crippen LogP contribution in [0.2, 0.25) is 0 Å². The molecule has 31 heavy (non-hydrogen) atoms. The number of amides is 1. The minimum Gasteiger partial charge on any atom is -0.366 e. The van der Waals surface area contributed by atoms with E-state index in [0.717, 1.165) is 47.5 Å². The van der Waals surface area contributed by atoms with E-state index in [1.807, 2.05) is 25.2 Å². The van der Waals surface area contributed by atoms with Crippen LogP contribution in [0.3, 0.4) is 0 Å². The molecule has 2 heterocycles. The van der Waals surface area contributed by atoms with Crippen LogP contribution in [-0.2, 0) is 26.4 Å². The fraction of sp³-hybridized carbons (Fsp3) is 0.185. The van der Waals surface area contributed by atoms with Crippen LogP contribution in [0.15, 0.2) is 73.1 Å². The van der Waals surface area contributed by atoms with Gasteiger partial charge in [-0.05, 0) is 30.9 Å². The number of nitrogens with two attached hydrogens (primary N) is 1. The zero-order chi connectivity index (χ0) is 21.5. The number of aromatic nitrogens is 2. The van der Waals surface area contributed by atoms with Gasteiger partial charge in [-0.25, -0.2) is 4.57 Å². The lowest BCUT2D eigenvalue weighted by Gasteiger charge is -2.17. The highest BCUT2D eigenvalue weighted by molar-refractivity contribution is 6.04. The summed E-state index contributed by atoms with van der Waals surface area (Å²) in [5.41, 5.74) is 15.7. The van der Waals surface area contributed by atoms with Crippen molar-refractivity contribution in [2.45, 2.75) is 26.3 Å². The Balaban J connectivity index is 1.65. The third kappa shape index (κ3) is 3.25. The molecule has 1 aliphatic rings. The molecule has 0 unspecified atom stereocenters. The fourth-order valence-electron chi connectivity index (χ4n) is 4.92. The number of fused-ring (bicyclic) bond motifs is 3. The predicted molar refractivity (Wildman–Crippen MR) is 123 cm³/mol. The highest BCUT2D eigenvalue weighted by atomic mass is 16.1. The van der Waals surface area contributed by atoms with Gasteiger partial charge in [0.25, 0.3) is 5.91 Å². The largest absolute Gasteiger partial charge is 0.366 e. The number of pyridine rings is 1. The van der Waals surface area contributed by atoms with Crippen LogP contribution in [0.4, 0.5) is 0 Å². The van der Waals surface area contributed by atoms with Crippen LogP contribution in [0, 0.1) is 6.92 Å². The summed E-state index contributed by atoms with van der Waals surface area (Å²) in [4.78, 5) is 12.6. The molecule has 0 saturated heterocycles. The van der Waals surface area contributed by atoms with Crippen LogP contribution in [0.5, 0.6) is 0 Å². The summed E-state index contributed by atoms with van der Waals surface area (Å²) in [6.45, 7) is 2.92. The number of hydrogen-bond acceptors (Lipinski definition) is 1. The fourth-order valence-corrected chi connectivity index (χ4v) is 4.92. The highest BCUT2D eigenvalue weighted by Gasteiger charge is 2.31. The lowest BCUT2D eigenvalue weighted by molar-refractivity contribution is -0.688. The van der Waals surface area contributed by atoms with E-state index in [2.05, 4.69) is 70.9 Å². The van der Waals surface area contributed by atoms with Gasteiger partial charge in [-0.2, -0.15) is 0 Å². The van der Waals surface area contributed by atoms with Gasteiger partial charge in [0.05, 0.1) is 17.0 Å². The number of rotatable bonds is 4. The van der Waals surface area contributed by atoms with E-state index in [9.17, 15) is 4.79 Å². The standard InChI is InChI=1S/C27H25N3O/c1-18-8-6-7-11-21(18)26-24(27(28)31)23-13-12-20-17-30(16-19-9-4-3-5-10-19)15-14-22(20)25(23)29(26)2/h3-11,14-15,17H,12-13,16H2,1-2H3,(H-,28,31)/p+1. The van der Waals surface area contributed by atoms with Crippen molar-refractivity contribution in [2.24, 2.45) is 12.8 Å². The monoisotopic (exact) mass is 408 g/mol. The topological polar surface area (TPSA) is 51.9 Å². The van der Waals surface area contributed by atoms with Crippen molar-refractivity contribution in [3.05, 3.63) is 101 Å². The molecular weight excluding hydrogens is 382 g/mol. The Labute approximate surface area is 182 Å². The van der Waals surface area contributed by atoms with Crippen molar-refractivity contribution >= 4 is 5.91 Å². The van der Waals surface area contributed by atoms with Crippen molar-refractivity contribution in [3.8, 4) is 22.5 Å². The maximum Gasteiger partial charge on any atom is 0.251 e. The Kier molecular flexibility index (Phi) is 4.70. The minimum absolute atomic E-state index is 0.353. The van der Waals surface area contributed by atoms with E-state index in [4.69, 9.17) is 5.73 Å². The summed E-state index contributed by atoms with van der Waals surface area (Å²) in [7, 11) is 2.05. The van der Waals surface area contributed by atoms with E-state index in [1.54, 1.807) is 0 Å². The number of benzene rings is 2. The Bertz CT molecular complexity index is 1300. The number of hydrogen-bond donors (Lipinski definition) is 1. The summed E-state index contributed by atoms with van der Waals surface area (Å²) in [5.74, 6) is -0.353. The third-order valence-electron chi connectivity index (χ3n) is 6.35. The molecule has 2 aromatic carbocycles. The van der Waals surface area contributed by atoms with Gasteiger partial charge >= 0.3 is 0 Å².